The normalized spacial score (nSPS) is 12.1. The number of fused-ring (bicyclic) bond motifs is 1. The molecule has 7 nitrogen and oxygen atoms in total. The number of amides is 1. The molecule has 7 heteroatoms. The number of nitrogens with zero attached hydrogens (tertiary/aromatic N) is 2. The molecule has 0 aliphatic carbocycles. The zero-order valence-corrected chi connectivity index (χ0v) is 14.8. The van der Waals surface area contributed by atoms with Crippen LogP contribution in [0.4, 0.5) is 15.3 Å². The maximum absolute atomic E-state index is 12.2. The van der Waals surface area contributed by atoms with E-state index < -0.39 is 23.4 Å². The van der Waals surface area contributed by atoms with Gasteiger partial charge in [0, 0.05) is 11.1 Å². The van der Waals surface area contributed by atoms with Gasteiger partial charge in [-0.2, -0.15) is 9.78 Å². The van der Waals surface area contributed by atoms with Crippen LogP contribution in [-0.4, -0.2) is 33.2 Å². The lowest BCUT2D eigenvalue weighted by atomic mass is 10.2. The number of benzene rings is 1. The van der Waals surface area contributed by atoms with Crippen molar-refractivity contribution in [2.75, 3.05) is 5.32 Å². The molecule has 0 bridgehead atoms. The first-order valence-corrected chi connectivity index (χ1v) is 7.66. The summed E-state index contributed by atoms with van der Waals surface area (Å²) in [5.41, 5.74) is -0.173. The molecule has 0 saturated heterocycles. The van der Waals surface area contributed by atoms with Gasteiger partial charge in [0.15, 0.2) is 0 Å². The van der Waals surface area contributed by atoms with Gasteiger partial charge in [0.25, 0.3) is 0 Å². The van der Waals surface area contributed by atoms with Gasteiger partial charge in [-0.15, -0.1) is 0 Å². The lowest BCUT2D eigenvalue weighted by Gasteiger charge is -2.20. The number of aromatic nitrogens is 2. The summed E-state index contributed by atoms with van der Waals surface area (Å²) in [6, 6.07) is 5.12. The van der Waals surface area contributed by atoms with Gasteiger partial charge in [0.05, 0.1) is 11.7 Å². The summed E-state index contributed by atoms with van der Waals surface area (Å²) in [5, 5.41) is 7.46. The number of carbonyl (C=O) groups excluding carboxylic acids is 2. The summed E-state index contributed by atoms with van der Waals surface area (Å²) in [6.07, 6.45) is 0.424. The largest absolute Gasteiger partial charge is 0.444 e. The molecule has 0 unspecified atom stereocenters. The molecule has 2 rings (SSSR count). The van der Waals surface area contributed by atoms with Crippen LogP contribution in [0.3, 0.4) is 0 Å². The van der Waals surface area contributed by atoms with Crippen LogP contribution in [0.5, 0.6) is 0 Å². The third-order valence-corrected chi connectivity index (χ3v) is 2.78. The molecule has 1 amide bonds. The van der Waals surface area contributed by atoms with E-state index in [0.717, 1.165) is 5.39 Å². The van der Waals surface area contributed by atoms with Gasteiger partial charge in [-0.1, -0.05) is 0 Å². The zero-order chi connectivity index (χ0) is 18.1. The van der Waals surface area contributed by atoms with Crippen LogP contribution in [0.15, 0.2) is 24.4 Å². The first-order chi connectivity index (χ1) is 10.9. The van der Waals surface area contributed by atoms with Crippen molar-refractivity contribution in [3.05, 3.63) is 24.4 Å². The fraction of sp³-hybridized carbons (Fsp3) is 0.471. The number of hydrogen-bond acceptors (Lipinski definition) is 5. The predicted octanol–water partition coefficient (Wildman–Crippen LogP) is 4.17. The van der Waals surface area contributed by atoms with Crippen LogP contribution in [0, 0.1) is 0 Å². The molecular formula is C17H23N3O4. The summed E-state index contributed by atoms with van der Waals surface area (Å²) in [7, 11) is 0. The number of hydrogen-bond donors (Lipinski definition) is 1. The molecule has 2 aromatic rings. The van der Waals surface area contributed by atoms with Crippen molar-refractivity contribution in [2.24, 2.45) is 0 Å². The second-order valence-electron chi connectivity index (χ2n) is 7.44. The van der Waals surface area contributed by atoms with E-state index in [0.29, 0.717) is 11.2 Å². The summed E-state index contributed by atoms with van der Waals surface area (Å²) < 4.78 is 11.7. The average Bonchev–Trinajstić information content (AvgIpc) is 2.77. The highest BCUT2D eigenvalue weighted by Crippen LogP contribution is 2.21. The van der Waals surface area contributed by atoms with Gasteiger partial charge >= 0.3 is 12.2 Å². The van der Waals surface area contributed by atoms with Crippen LogP contribution in [-0.2, 0) is 9.47 Å². The molecule has 1 aromatic heterocycles. The Kier molecular flexibility index (Phi) is 4.55. The monoisotopic (exact) mass is 333 g/mol. The quantitative estimate of drug-likeness (QED) is 0.847. The molecule has 0 aliphatic rings. The third-order valence-electron chi connectivity index (χ3n) is 2.78. The van der Waals surface area contributed by atoms with E-state index >= 15 is 0 Å². The lowest BCUT2D eigenvalue weighted by Crippen LogP contribution is -2.28. The van der Waals surface area contributed by atoms with Crippen LogP contribution < -0.4 is 5.32 Å². The average molecular weight is 333 g/mol. The Labute approximate surface area is 140 Å². The molecule has 0 radical (unpaired) electrons. The minimum absolute atomic E-state index is 0.502. The topological polar surface area (TPSA) is 82.5 Å². The fourth-order valence-corrected chi connectivity index (χ4v) is 1.97. The molecule has 24 heavy (non-hydrogen) atoms. The van der Waals surface area contributed by atoms with Gasteiger partial charge in [0.1, 0.15) is 11.2 Å². The number of rotatable bonds is 1. The van der Waals surface area contributed by atoms with Crippen LogP contribution in [0.2, 0.25) is 0 Å². The molecule has 1 aromatic carbocycles. The van der Waals surface area contributed by atoms with Crippen molar-refractivity contribution in [1.82, 2.24) is 9.78 Å². The second-order valence-corrected chi connectivity index (χ2v) is 7.44. The van der Waals surface area contributed by atoms with E-state index in [1.807, 2.05) is 0 Å². The van der Waals surface area contributed by atoms with Crippen molar-refractivity contribution < 1.29 is 19.1 Å². The molecule has 0 fully saturated rings. The van der Waals surface area contributed by atoms with E-state index in [-0.39, 0.29) is 0 Å². The summed E-state index contributed by atoms with van der Waals surface area (Å²) in [5.74, 6) is 0. The number of ether oxygens (including phenoxy) is 2. The first kappa shape index (κ1) is 17.8. The number of anilines is 1. The van der Waals surface area contributed by atoms with Crippen molar-refractivity contribution >= 4 is 28.8 Å². The van der Waals surface area contributed by atoms with E-state index in [2.05, 4.69) is 10.4 Å². The van der Waals surface area contributed by atoms with E-state index in [4.69, 9.17) is 9.47 Å². The van der Waals surface area contributed by atoms with E-state index in [1.165, 1.54) is 4.68 Å². The van der Waals surface area contributed by atoms with E-state index in [9.17, 15) is 9.59 Å². The predicted molar refractivity (Wildman–Crippen MR) is 91.2 cm³/mol. The SMILES string of the molecule is CC(C)(C)OC(=O)Nc1ccc2cnn(C(=O)OC(C)(C)C)c2c1. The van der Waals surface area contributed by atoms with Crippen LogP contribution >= 0.6 is 0 Å². The number of nitrogens with one attached hydrogen (secondary N) is 1. The molecule has 0 aliphatic heterocycles. The summed E-state index contributed by atoms with van der Waals surface area (Å²) >= 11 is 0. The Morgan fingerprint density at radius 3 is 2.25 bits per heavy atom. The maximum atomic E-state index is 12.2. The highest BCUT2D eigenvalue weighted by Gasteiger charge is 2.21. The standard InChI is InChI=1S/C17H23N3O4/c1-16(2,3)23-14(21)19-12-8-7-11-10-18-20(13(11)9-12)15(22)24-17(4,5)6/h7-10H,1-6H3,(H,19,21). The lowest BCUT2D eigenvalue weighted by molar-refractivity contribution is 0.0522. The molecular weight excluding hydrogens is 310 g/mol. The van der Waals surface area contributed by atoms with Gasteiger partial charge in [-0.05, 0) is 59.7 Å². The molecule has 130 valence electrons. The van der Waals surface area contributed by atoms with Crippen LogP contribution in [0.25, 0.3) is 10.9 Å². The van der Waals surface area contributed by atoms with Gasteiger partial charge in [0.2, 0.25) is 0 Å². The van der Waals surface area contributed by atoms with Gasteiger partial charge in [-0.3, -0.25) is 5.32 Å². The Hall–Kier alpha value is -2.57. The molecule has 0 saturated carbocycles. The van der Waals surface area contributed by atoms with Crippen molar-refractivity contribution in [2.45, 2.75) is 52.7 Å². The highest BCUT2D eigenvalue weighted by molar-refractivity contribution is 5.93. The molecule has 0 spiro atoms. The van der Waals surface area contributed by atoms with E-state index in [1.54, 1.807) is 65.9 Å². The Morgan fingerprint density at radius 2 is 1.67 bits per heavy atom. The summed E-state index contributed by atoms with van der Waals surface area (Å²) in [4.78, 5) is 24.1. The van der Waals surface area contributed by atoms with Crippen molar-refractivity contribution in [3.8, 4) is 0 Å². The Balaban J connectivity index is 2.25. The smallest absolute Gasteiger partial charge is 0.435 e. The van der Waals surface area contributed by atoms with Crippen molar-refractivity contribution in [3.63, 3.8) is 0 Å². The molecule has 0 atom stereocenters. The van der Waals surface area contributed by atoms with Gasteiger partial charge < -0.3 is 9.47 Å². The van der Waals surface area contributed by atoms with Gasteiger partial charge in [-0.25, -0.2) is 9.59 Å². The minimum Gasteiger partial charge on any atom is -0.444 e. The zero-order valence-electron chi connectivity index (χ0n) is 14.8. The molecule has 1 heterocycles. The maximum Gasteiger partial charge on any atom is 0.435 e. The minimum atomic E-state index is -0.623. The Bertz CT molecular complexity index is 766. The first-order valence-electron chi connectivity index (χ1n) is 7.66. The summed E-state index contributed by atoms with van der Waals surface area (Å²) in [6.45, 7) is 10.7. The van der Waals surface area contributed by atoms with Crippen LogP contribution in [0.1, 0.15) is 41.5 Å². The third kappa shape index (κ3) is 4.71. The number of carbonyl (C=O) groups is 2. The highest BCUT2D eigenvalue weighted by atomic mass is 16.6. The van der Waals surface area contributed by atoms with Crippen molar-refractivity contribution in [1.29, 1.82) is 0 Å². The fourth-order valence-electron chi connectivity index (χ4n) is 1.97. The second kappa shape index (κ2) is 6.14. The Morgan fingerprint density at radius 1 is 1.04 bits per heavy atom. The molecule has 1 N–H and O–H groups in total.